The molecule has 0 saturated carbocycles. The summed E-state index contributed by atoms with van der Waals surface area (Å²) in [5, 5.41) is 28.3. The number of hydrogen-bond acceptors (Lipinski definition) is 5. The van der Waals surface area contributed by atoms with Gasteiger partial charge in [-0.2, -0.15) is 0 Å². The average molecular weight is 346 g/mol. The number of aliphatic hydroxyl groups is 2. The first-order chi connectivity index (χ1) is 12.2. The Balaban J connectivity index is 1.57. The third kappa shape index (κ3) is 2.92. The molecule has 2 atom stereocenters. The molecule has 25 heavy (non-hydrogen) atoms. The van der Waals surface area contributed by atoms with Gasteiger partial charge < -0.3 is 25.6 Å². The summed E-state index contributed by atoms with van der Waals surface area (Å²) in [6.07, 6.45) is 3.28. The van der Waals surface area contributed by atoms with Crippen molar-refractivity contribution in [2.75, 3.05) is 39.5 Å². The number of rotatable bonds is 4. The predicted octanol–water partition coefficient (Wildman–Crippen LogP) is 1.10. The van der Waals surface area contributed by atoms with Crippen molar-refractivity contribution in [3.05, 3.63) is 35.4 Å². The van der Waals surface area contributed by atoms with E-state index < -0.39 is 6.10 Å². The van der Waals surface area contributed by atoms with E-state index in [4.69, 9.17) is 4.74 Å². The Morgan fingerprint density at radius 1 is 1.12 bits per heavy atom. The predicted molar refractivity (Wildman–Crippen MR) is 96.5 cm³/mol. The lowest BCUT2D eigenvalue weighted by molar-refractivity contribution is -0.0221. The van der Waals surface area contributed by atoms with E-state index in [1.54, 1.807) is 0 Å². The molecular weight excluding hydrogens is 316 g/mol. The number of hydrogen-bond donors (Lipinski definition) is 4. The molecule has 1 spiro atoms. The molecule has 138 valence electrons. The molecule has 3 aliphatic rings. The summed E-state index contributed by atoms with van der Waals surface area (Å²) in [4.78, 5) is 0. The zero-order valence-electron chi connectivity index (χ0n) is 14.8. The molecule has 1 aliphatic carbocycles. The summed E-state index contributed by atoms with van der Waals surface area (Å²) in [7, 11) is 0. The number of nitrogens with one attached hydrogen (secondary N) is 2. The van der Waals surface area contributed by atoms with Gasteiger partial charge in [-0.1, -0.05) is 24.3 Å². The second-order valence-corrected chi connectivity index (χ2v) is 8.07. The lowest BCUT2D eigenvalue weighted by Gasteiger charge is -2.40. The Hall–Kier alpha value is -0.980. The van der Waals surface area contributed by atoms with Gasteiger partial charge in [-0.15, -0.1) is 0 Å². The third-order valence-electron chi connectivity index (χ3n) is 6.80. The largest absolute Gasteiger partial charge is 0.396 e. The fourth-order valence-corrected chi connectivity index (χ4v) is 5.05. The van der Waals surface area contributed by atoms with Crippen LogP contribution in [0.3, 0.4) is 0 Å². The van der Waals surface area contributed by atoms with Crippen LogP contribution < -0.4 is 10.6 Å². The maximum atomic E-state index is 11.3. The van der Waals surface area contributed by atoms with E-state index in [0.717, 1.165) is 45.3 Å². The summed E-state index contributed by atoms with van der Waals surface area (Å²) in [5.74, 6) is 0. The van der Waals surface area contributed by atoms with E-state index >= 15 is 0 Å². The van der Waals surface area contributed by atoms with Gasteiger partial charge in [-0.3, -0.25) is 0 Å². The van der Waals surface area contributed by atoms with Gasteiger partial charge in [-0.25, -0.2) is 0 Å². The van der Waals surface area contributed by atoms with Crippen LogP contribution in [-0.4, -0.2) is 55.8 Å². The zero-order chi connectivity index (χ0) is 17.3. The minimum atomic E-state index is -0.414. The monoisotopic (exact) mass is 346 g/mol. The highest BCUT2D eigenvalue weighted by Gasteiger charge is 2.51. The third-order valence-corrected chi connectivity index (χ3v) is 6.80. The fraction of sp³-hybridized carbons (Fsp3) is 0.700. The van der Waals surface area contributed by atoms with Crippen molar-refractivity contribution in [3.8, 4) is 0 Å². The molecule has 5 nitrogen and oxygen atoms in total. The highest BCUT2D eigenvalue weighted by molar-refractivity contribution is 5.45. The number of benzene rings is 1. The van der Waals surface area contributed by atoms with Crippen LogP contribution in [0.4, 0.5) is 0 Å². The molecule has 2 heterocycles. The van der Waals surface area contributed by atoms with Gasteiger partial charge in [0.15, 0.2) is 0 Å². The highest BCUT2D eigenvalue weighted by atomic mass is 16.5. The van der Waals surface area contributed by atoms with E-state index in [-0.39, 0.29) is 23.5 Å². The van der Waals surface area contributed by atoms with Gasteiger partial charge in [0.1, 0.15) is 0 Å². The average Bonchev–Trinajstić information content (AvgIpc) is 2.90. The first-order valence-corrected chi connectivity index (χ1v) is 9.61. The Labute approximate surface area is 149 Å². The van der Waals surface area contributed by atoms with Crippen molar-refractivity contribution in [1.82, 2.24) is 10.6 Å². The van der Waals surface area contributed by atoms with Gasteiger partial charge in [0.2, 0.25) is 0 Å². The topological polar surface area (TPSA) is 73.8 Å². The Morgan fingerprint density at radius 3 is 2.56 bits per heavy atom. The van der Waals surface area contributed by atoms with E-state index in [1.165, 1.54) is 11.1 Å². The normalized spacial score (nSPS) is 30.3. The minimum Gasteiger partial charge on any atom is -0.396 e. The SMILES string of the molecule is OCC1(CN[C@H]2c3ccccc3C3(CCNCC3)[C@@H]2O)CCOCC1. The van der Waals surface area contributed by atoms with Crippen molar-refractivity contribution in [2.45, 2.75) is 43.2 Å². The lowest BCUT2D eigenvalue weighted by Crippen LogP contribution is -2.50. The van der Waals surface area contributed by atoms with Gasteiger partial charge in [0.25, 0.3) is 0 Å². The molecular formula is C20H30N2O3. The smallest absolute Gasteiger partial charge is 0.0832 e. The Kier molecular flexibility index (Phi) is 4.86. The summed E-state index contributed by atoms with van der Waals surface area (Å²) >= 11 is 0. The van der Waals surface area contributed by atoms with Gasteiger partial charge in [0.05, 0.1) is 18.8 Å². The number of ether oxygens (including phenoxy) is 1. The maximum Gasteiger partial charge on any atom is 0.0832 e. The molecule has 0 unspecified atom stereocenters. The first-order valence-electron chi connectivity index (χ1n) is 9.61. The molecule has 0 radical (unpaired) electrons. The molecule has 4 N–H and O–H groups in total. The molecule has 1 aromatic carbocycles. The molecule has 0 aromatic heterocycles. The van der Waals surface area contributed by atoms with E-state index in [1.807, 2.05) is 0 Å². The van der Waals surface area contributed by atoms with Crippen molar-refractivity contribution in [1.29, 1.82) is 0 Å². The maximum absolute atomic E-state index is 11.3. The molecule has 2 fully saturated rings. The second kappa shape index (κ2) is 6.97. The van der Waals surface area contributed by atoms with Crippen molar-refractivity contribution >= 4 is 0 Å². The van der Waals surface area contributed by atoms with Crippen molar-refractivity contribution in [3.63, 3.8) is 0 Å². The van der Waals surface area contributed by atoms with Crippen molar-refractivity contribution < 1.29 is 14.9 Å². The molecule has 0 bridgehead atoms. The minimum absolute atomic E-state index is 0.0550. The molecule has 5 heteroatoms. The lowest BCUT2D eigenvalue weighted by atomic mass is 9.72. The van der Waals surface area contributed by atoms with Gasteiger partial charge in [-0.05, 0) is 49.9 Å². The fourth-order valence-electron chi connectivity index (χ4n) is 5.05. The van der Waals surface area contributed by atoms with Crippen LogP contribution in [0, 0.1) is 5.41 Å². The first kappa shape index (κ1) is 17.4. The molecule has 2 aliphatic heterocycles. The highest BCUT2D eigenvalue weighted by Crippen LogP contribution is 2.50. The summed E-state index contributed by atoms with van der Waals surface area (Å²) in [6.45, 7) is 4.22. The van der Waals surface area contributed by atoms with E-state index in [2.05, 4.69) is 34.9 Å². The summed E-state index contributed by atoms with van der Waals surface area (Å²) in [6, 6.07) is 8.45. The van der Waals surface area contributed by atoms with Crippen LogP contribution in [0.25, 0.3) is 0 Å². The number of piperidine rings is 1. The second-order valence-electron chi connectivity index (χ2n) is 8.07. The van der Waals surface area contributed by atoms with Crippen LogP contribution >= 0.6 is 0 Å². The summed E-state index contributed by atoms with van der Waals surface area (Å²) < 4.78 is 5.47. The summed E-state index contributed by atoms with van der Waals surface area (Å²) in [5.41, 5.74) is 2.28. The van der Waals surface area contributed by atoms with Crippen LogP contribution in [0.15, 0.2) is 24.3 Å². The Bertz CT molecular complexity index is 594. The molecule has 4 rings (SSSR count). The van der Waals surface area contributed by atoms with Crippen molar-refractivity contribution in [2.24, 2.45) is 5.41 Å². The number of fused-ring (bicyclic) bond motifs is 2. The van der Waals surface area contributed by atoms with E-state index in [0.29, 0.717) is 13.2 Å². The van der Waals surface area contributed by atoms with Crippen LogP contribution in [0.2, 0.25) is 0 Å². The van der Waals surface area contributed by atoms with Gasteiger partial charge in [0, 0.05) is 30.6 Å². The molecule has 1 aromatic rings. The quantitative estimate of drug-likeness (QED) is 0.657. The number of aliphatic hydroxyl groups excluding tert-OH is 2. The standard InChI is InChI=1S/C20H30N2O3/c23-14-19(7-11-25-12-8-19)13-22-17-15-3-1-2-4-16(15)20(18(17)24)5-9-21-10-6-20/h1-4,17-18,21-24H,5-14H2/t17-,18+/m0/s1. The molecule has 2 saturated heterocycles. The van der Waals surface area contributed by atoms with E-state index in [9.17, 15) is 10.2 Å². The van der Waals surface area contributed by atoms with Crippen LogP contribution in [0.5, 0.6) is 0 Å². The van der Waals surface area contributed by atoms with Crippen LogP contribution in [-0.2, 0) is 10.2 Å². The van der Waals surface area contributed by atoms with Gasteiger partial charge >= 0.3 is 0 Å². The molecule has 0 amide bonds. The van der Waals surface area contributed by atoms with Crippen LogP contribution in [0.1, 0.15) is 42.9 Å². The zero-order valence-corrected chi connectivity index (χ0v) is 14.8. The Morgan fingerprint density at radius 2 is 1.84 bits per heavy atom.